The average Bonchev–Trinajstić information content (AvgIpc) is 2.52. The van der Waals surface area contributed by atoms with E-state index in [9.17, 15) is 18.0 Å². The number of halogens is 4. The van der Waals surface area contributed by atoms with Gasteiger partial charge in [-0.3, -0.25) is 4.79 Å². The third-order valence-corrected chi connectivity index (χ3v) is 3.08. The van der Waals surface area contributed by atoms with E-state index >= 15 is 0 Å². The highest BCUT2D eigenvalue weighted by Crippen LogP contribution is 2.33. The molecule has 0 amide bonds. The number of carbonyl (C=O) groups is 1. The number of rotatable bonds is 5. The van der Waals surface area contributed by atoms with Crippen molar-refractivity contribution in [2.45, 2.75) is 6.18 Å². The molecule has 0 fully saturated rings. The average molecular weight is 329 g/mol. The molecule has 0 bridgehead atoms. The zero-order valence-electron chi connectivity index (χ0n) is 11.4. The molecular formula is C16H12ClF3O2. The Morgan fingerprint density at radius 2 is 1.77 bits per heavy atom. The summed E-state index contributed by atoms with van der Waals surface area (Å²) < 4.78 is 43.8. The molecule has 2 nitrogen and oxygen atoms in total. The van der Waals surface area contributed by atoms with Gasteiger partial charge in [0.25, 0.3) is 0 Å². The minimum atomic E-state index is -4.53. The molecule has 0 spiro atoms. The van der Waals surface area contributed by atoms with Gasteiger partial charge < -0.3 is 4.74 Å². The van der Waals surface area contributed by atoms with Crippen LogP contribution >= 0.6 is 11.6 Å². The molecule has 0 saturated heterocycles. The molecule has 2 rings (SSSR count). The number of ketones is 1. The van der Waals surface area contributed by atoms with E-state index in [1.165, 1.54) is 12.1 Å². The van der Waals surface area contributed by atoms with E-state index < -0.39 is 17.5 Å². The topological polar surface area (TPSA) is 26.3 Å². The van der Waals surface area contributed by atoms with Crippen LogP contribution in [-0.2, 0) is 6.18 Å². The van der Waals surface area contributed by atoms with Crippen LogP contribution in [-0.4, -0.2) is 18.3 Å². The molecule has 0 N–H and O–H groups in total. The summed E-state index contributed by atoms with van der Waals surface area (Å²) in [6, 6.07) is 10.9. The number of hydrogen-bond acceptors (Lipinski definition) is 2. The number of carbonyl (C=O) groups excluding carboxylic acids is 1. The SMILES string of the molecule is O=C(c1ccccc1)c1cc(C(F)(F)F)ccc1OCCCl. The van der Waals surface area contributed by atoms with Crippen LogP contribution in [0.15, 0.2) is 48.5 Å². The Labute approximate surface area is 130 Å². The zero-order chi connectivity index (χ0) is 16.2. The van der Waals surface area contributed by atoms with Gasteiger partial charge >= 0.3 is 6.18 Å². The van der Waals surface area contributed by atoms with Crippen molar-refractivity contribution in [1.29, 1.82) is 0 Å². The molecular weight excluding hydrogens is 317 g/mol. The molecule has 2 aromatic rings. The van der Waals surface area contributed by atoms with Crippen molar-refractivity contribution in [2.75, 3.05) is 12.5 Å². The van der Waals surface area contributed by atoms with E-state index in [0.717, 1.165) is 18.2 Å². The van der Waals surface area contributed by atoms with E-state index in [0.29, 0.717) is 0 Å². The third-order valence-electron chi connectivity index (χ3n) is 2.92. The molecule has 0 saturated carbocycles. The van der Waals surface area contributed by atoms with Crippen molar-refractivity contribution in [3.63, 3.8) is 0 Å². The fourth-order valence-corrected chi connectivity index (χ4v) is 1.98. The highest BCUT2D eigenvalue weighted by atomic mass is 35.5. The molecule has 0 aliphatic carbocycles. The van der Waals surface area contributed by atoms with Crippen molar-refractivity contribution in [2.24, 2.45) is 0 Å². The van der Waals surface area contributed by atoms with Crippen molar-refractivity contribution in [1.82, 2.24) is 0 Å². The van der Waals surface area contributed by atoms with Crippen LogP contribution in [0.1, 0.15) is 21.5 Å². The first-order valence-corrected chi connectivity index (χ1v) is 6.96. The van der Waals surface area contributed by atoms with Gasteiger partial charge in [-0.2, -0.15) is 13.2 Å². The second-order valence-electron chi connectivity index (χ2n) is 4.44. The Balaban J connectivity index is 2.47. The zero-order valence-corrected chi connectivity index (χ0v) is 12.1. The Hall–Kier alpha value is -2.01. The Morgan fingerprint density at radius 3 is 2.36 bits per heavy atom. The van der Waals surface area contributed by atoms with Crippen molar-refractivity contribution in [3.8, 4) is 5.75 Å². The molecule has 0 unspecified atom stereocenters. The summed E-state index contributed by atoms with van der Waals surface area (Å²) in [6.07, 6.45) is -4.53. The second kappa shape index (κ2) is 6.83. The lowest BCUT2D eigenvalue weighted by atomic mass is 10.00. The van der Waals surface area contributed by atoms with Crippen molar-refractivity contribution >= 4 is 17.4 Å². The standard InChI is InChI=1S/C16H12ClF3O2/c17-8-9-22-14-7-6-12(16(18,19)20)10-13(14)15(21)11-4-2-1-3-5-11/h1-7,10H,8-9H2. The van der Waals surface area contributed by atoms with E-state index in [1.54, 1.807) is 18.2 Å². The smallest absolute Gasteiger partial charge is 0.416 e. The Bertz CT molecular complexity index is 654. The maximum Gasteiger partial charge on any atom is 0.416 e. The van der Waals surface area contributed by atoms with Gasteiger partial charge in [0.05, 0.1) is 17.0 Å². The summed E-state index contributed by atoms with van der Waals surface area (Å²) in [5, 5.41) is 0. The number of alkyl halides is 4. The molecule has 2 aromatic carbocycles. The predicted molar refractivity (Wildman–Crippen MR) is 77.5 cm³/mol. The van der Waals surface area contributed by atoms with Crippen LogP contribution in [0.3, 0.4) is 0 Å². The van der Waals surface area contributed by atoms with Gasteiger partial charge in [0.2, 0.25) is 0 Å². The van der Waals surface area contributed by atoms with Crippen LogP contribution in [0.2, 0.25) is 0 Å². The molecule has 22 heavy (non-hydrogen) atoms. The molecule has 0 heterocycles. The molecule has 0 radical (unpaired) electrons. The van der Waals surface area contributed by atoms with E-state index in [-0.39, 0.29) is 29.4 Å². The van der Waals surface area contributed by atoms with Gasteiger partial charge in [-0.05, 0) is 18.2 Å². The van der Waals surface area contributed by atoms with E-state index in [4.69, 9.17) is 16.3 Å². The van der Waals surface area contributed by atoms with Gasteiger partial charge in [-0.15, -0.1) is 11.6 Å². The van der Waals surface area contributed by atoms with Gasteiger partial charge in [0.15, 0.2) is 5.78 Å². The highest BCUT2D eigenvalue weighted by molar-refractivity contribution is 6.18. The van der Waals surface area contributed by atoms with E-state index in [2.05, 4.69) is 0 Å². The van der Waals surface area contributed by atoms with Crippen LogP contribution < -0.4 is 4.74 Å². The number of ether oxygens (including phenoxy) is 1. The first kappa shape index (κ1) is 16.4. The molecule has 0 atom stereocenters. The molecule has 6 heteroatoms. The Kier molecular flexibility index (Phi) is 5.08. The predicted octanol–water partition coefficient (Wildman–Crippen LogP) is 4.55. The largest absolute Gasteiger partial charge is 0.492 e. The Morgan fingerprint density at radius 1 is 1.09 bits per heavy atom. The number of hydrogen-bond donors (Lipinski definition) is 0. The van der Waals surface area contributed by atoms with Crippen LogP contribution in [0.5, 0.6) is 5.75 Å². The number of benzene rings is 2. The van der Waals surface area contributed by atoms with Gasteiger partial charge in [-0.25, -0.2) is 0 Å². The highest BCUT2D eigenvalue weighted by Gasteiger charge is 2.32. The third kappa shape index (κ3) is 3.80. The summed E-state index contributed by atoms with van der Waals surface area (Å²) >= 11 is 5.51. The minimum absolute atomic E-state index is 0.0857. The van der Waals surface area contributed by atoms with Crippen molar-refractivity contribution < 1.29 is 22.7 Å². The second-order valence-corrected chi connectivity index (χ2v) is 4.82. The summed E-state index contributed by atoms with van der Waals surface area (Å²) in [7, 11) is 0. The lowest BCUT2D eigenvalue weighted by Gasteiger charge is -2.13. The fourth-order valence-electron chi connectivity index (χ4n) is 1.90. The maximum atomic E-state index is 12.8. The molecule has 0 aliphatic rings. The monoisotopic (exact) mass is 328 g/mol. The van der Waals surface area contributed by atoms with Crippen LogP contribution in [0.25, 0.3) is 0 Å². The minimum Gasteiger partial charge on any atom is -0.492 e. The summed E-state index contributed by atoms with van der Waals surface area (Å²) in [6.45, 7) is 0.0992. The van der Waals surface area contributed by atoms with Crippen LogP contribution in [0, 0.1) is 0 Å². The molecule has 0 aliphatic heterocycles. The summed E-state index contributed by atoms with van der Waals surface area (Å²) in [5.41, 5.74) is -0.742. The maximum absolute atomic E-state index is 12.8. The van der Waals surface area contributed by atoms with Gasteiger partial charge in [0, 0.05) is 5.56 Å². The molecule has 0 aromatic heterocycles. The first-order valence-electron chi connectivity index (χ1n) is 6.43. The quantitative estimate of drug-likeness (QED) is 0.594. The normalized spacial score (nSPS) is 11.3. The van der Waals surface area contributed by atoms with Crippen LogP contribution in [0.4, 0.5) is 13.2 Å². The fraction of sp³-hybridized carbons (Fsp3) is 0.188. The van der Waals surface area contributed by atoms with Crippen molar-refractivity contribution in [3.05, 3.63) is 65.2 Å². The lowest BCUT2D eigenvalue weighted by molar-refractivity contribution is -0.137. The summed E-state index contributed by atoms with van der Waals surface area (Å²) in [5.74, 6) is -0.279. The lowest BCUT2D eigenvalue weighted by Crippen LogP contribution is -2.11. The summed E-state index contributed by atoms with van der Waals surface area (Å²) in [4.78, 5) is 12.4. The van der Waals surface area contributed by atoms with E-state index in [1.807, 2.05) is 0 Å². The van der Waals surface area contributed by atoms with Gasteiger partial charge in [-0.1, -0.05) is 30.3 Å². The first-order chi connectivity index (χ1) is 10.4. The van der Waals surface area contributed by atoms with Gasteiger partial charge in [0.1, 0.15) is 12.4 Å². The molecule has 116 valence electrons.